The molecule has 0 unspecified atom stereocenters. The van der Waals surface area contributed by atoms with Crippen molar-refractivity contribution in [1.29, 1.82) is 0 Å². The first-order valence-corrected chi connectivity index (χ1v) is 7.54. The number of halogens is 4. The molecule has 26 heavy (non-hydrogen) atoms. The average molecular weight is 363 g/mol. The Balaban J connectivity index is 2.00. The molecule has 1 heterocycles. The zero-order chi connectivity index (χ0) is 18.8. The first-order chi connectivity index (χ1) is 12.4. The van der Waals surface area contributed by atoms with E-state index in [9.17, 15) is 22.4 Å². The van der Waals surface area contributed by atoms with Crippen LogP contribution in [0.15, 0.2) is 42.6 Å². The molecule has 1 aromatic heterocycles. The molecule has 0 aliphatic carbocycles. The van der Waals surface area contributed by atoms with Crippen LogP contribution in [0.3, 0.4) is 0 Å². The molecule has 0 saturated carbocycles. The second kappa shape index (κ2) is 6.99. The van der Waals surface area contributed by atoms with E-state index in [1.807, 2.05) is 0 Å². The van der Waals surface area contributed by atoms with Crippen molar-refractivity contribution in [3.63, 3.8) is 0 Å². The number of alkyl halides is 1. The number of carbonyl (C=O) groups excluding carboxylic acids is 1. The maximum atomic E-state index is 13.7. The van der Waals surface area contributed by atoms with Crippen LogP contribution in [0.1, 0.15) is 16.1 Å². The lowest BCUT2D eigenvalue weighted by Gasteiger charge is -2.12. The van der Waals surface area contributed by atoms with Crippen LogP contribution in [0, 0.1) is 17.5 Å². The third-order valence-corrected chi connectivity index (χ3v) is 3.74. The summed E-state index contributed by atoms with van der Waals surface area (Å²) in [5, 5.41) is 6.37. The summed E-state index contributed by atoms with van der Waals surface area (Å²) in [6.07, 6.45) is 1.35. The largest absolute Gasteiger partial charge is 0.321 e. The van der Waals surface area contributed by atoms with Gasteiger partial charge in [0.2, 0.25) is 0 Å². The highest BCUT2D eigenvalue weighted by Crippen LogP contribution is 2.30. The summed E-state index contributed by atoms with van der Waals surface area (Å²) >= 11 is 0. The summed E-state index contributed by atoms with van der Waals surface area (Å²) in [6, 6.07) is 6.55. The molecule has 0 aliphatic rings. The van der Waals surface area contributed by atoms with E-state index in [0.717, 1.165) is 24.3 Å². The molecule has 0 atom stereocenters. The Morgan fingerprint density at radius 3 is 2.58 bits per heavy atom. The van der Waals surface area contributed by atoms with Gasteiger partial charge in [0.1, 0.15) is 18.2 Å². The number of aryl methyl sites for hydroxylation is 1. The fourth-order valence-corrected chi connectivity index (χ4v) is 2.54. The van der Waals surface area contributed by atoms with E-state index in [2.05, 4.69) is 10.4 Å². The third kappa shape index (κ3) is 3.44. The molecule has 0 bridgehead atoms. The van der Waals surface area contributed by atoms with Gasteiger partial charge in [0.25, 0.3) is 5.91 Å². The lowest BCUT2D eigenvalue weighted by molar-refractivity contribution is 0.102. The molecule has 4 nitrogen and oxygen atoms in total. The van der Waals surface area contributed by atoms with Gasteiger partial charge in [0.15, 0.2) is 11.6 Å². The van der Waals surface area contributed by atoms with Crippen LogP contribution in [0.2, 0.25) is 0 Å². The first kappa shape index (κ1) is 17.7. The van der Waals surface area contributed by atoms with E-state index >= 15 is 0 Å². The van der Waals surface area contributed by atoms with E-state index < -0.39 is 30.0 Å². The first-order valence-electron chi connectivity index (χ1n) is 7.54. The molecule has 3 aromatic rings. The molecule has 1 N–H and O–H groups in total. The Hall–Kier alpha value is -3.16. The molecular weight excluding hydrogens is 350 g/mol. The molecule has 0 aliphatic heterocycles. The van der Waals surface area contributed by atoms with Crippen LogP contribution in [-0.4, -0.2) is 15.7 Å². The van der Waals surface area contributed by atoms with Gasteiger partial charge in [-0.1, -0.05) is 6.07 Å². The molecule has 0 radical (unpaired) electrons. The highest BCUT2D eigenvalue weighted by atomic mass is 19.2. The summed E-state index contributed by atoms with van der Waals surface area (Å²) in [7, 11) is 1.54. The number of aromatic nitrogens is 2. The fourth-order valence-electron chi connectivity index (χ4n) is 2.54. The molecule has 3 rings (SSSR count). The van der Waals surface area contributed by atoms with Crippen LogP contribution >= 0.6 is 0 Å². The quantitative estimate of drug-likeness (QED) is 0.706. The molecule has 134 valence electrons. The number of hydrogen-bond acceptors (Lipinski definition) is 2. The summed E-state index contributed by atoms with van der Waals surface area (Å²) in [5.41, 5.74) is 0.478. The van der Waals surface area contributed by atoms with E-state index in [1.54, 1.807) is 7.05 Å². The van der Waals surface area contributed by atoms with Crippen LogP contribution < -0.4 is 5.32 Å². The minimum absolute atomic E-state index is 0.0237. The van der Waals surface area contributed by atoms with Crippen molar-refractivity contribution in [3.8, 4) is 11.1 Å². The average Bonchev–Trinajstić information content (AvgIpc) is 3.00. The Morgan fingerprint density at radius 1 is 1.12 bits per heavy atom. The van der Waals surface area contributed by atoms with Gasteiger partial charge in [0, 0.05) is 24.5 Å². The highest BCUT2D eigenvalue weighted by Gasteiger charge is 2.18. The van der Waals surface area contributed by atoms with Gasteiger partial charge >= 0.3 is 0 Å². The van der Waals surface area contributed by atoms with Crippen molar-refractivity contribution in [3.05, 3.63) is 71.3 Å². The van der Waals surface area contributed by atoms with Gasteiger partial charge in [-0.3, -0.25) is 9.48 Å². The molecule has 0 fully saturated rings. The fraction of sp³-hybridized carbons (Fsp3) is 0.111. The Kier molecular flexibility index (Phi) is 4.75. The van der Waals surface area contributed by atoms with Crippen molar-refractivity contribution in [2.75, 3.05) is 5.32 Å². The minimum atomic E-state index is -1.10. The lowest BCUT2D eigenvalue weighted by atomic mass is 10.0. The summed E-state index contributed by atoms with van der Waals surface area (Å²) < 4.78 is 54.6. The standard InChI is InChI=1S/C18H13F4N3O/c1-25-9-13(17(8-19)24-25)18(26)23-16-5-3-11(20)7-12(16)10-2-4-14(21)15(22)6-10/h2-7,9H,8H2,1H3,(H,23,26). The van der Waals surface area contributed by atoms with E-state index in [1.165, 1.54) is 23.0 Å². The van der Waals surface area contributed by atoms with Gasteiger partial charge in [-0.25, -0.2) is 17.6 Å². The molecule has 0 spiro atoms. The monoisotopic (exact) mass is 363 g/mol. The Morgan fingerprint density at radius 2 is 1.88 bits per heavy atom. The van der Waals surface area contributed by atoms with Crippen molar-refractivity contribution >= 4 is 11.6 Å². The minimum Gasteiger partial charge on any atom is -0.321 e. The normalized spacial score (nSPS) is 10.8. The number of carbonyl (C=O) groups is 1. The number of hydrogen-bond donors (Lipinski definition) is 1. The van der Waals surface area contributed by atoms with Crippen LogP contribution in [0.25, 0.3) is 11.1 Å². The maximum Gasteiger partial charge on any atom is 0.259 e. The van der Waals surface area contributed by atoms with E-state index in [0.29, 0.717) is 0 Å². The van der Waals surface area contributed by atoms with Crippen molar-refractivity contribution in [2.24, 2.45) is 7.05 Å². The zero-order valence-corrected chi connectivity index (χ0v) is 13.6. The number of nitrogens with zero attached hydrogens (tertiary/aromatic N) is 2. The summed E-state index contributed by atoms with van der Waals surface area (Å²) in [4.78, 5) is 12.4. The Bertz CT molecular complexity index is 985. The third-order valence-electron chi connectivity index (χ3n) is 3.74. The smallest absolute Gasteiger partial charge is 0.259 e. The highest BCUT2D eigenvalue weighted by molar-refractivity contribution is 6.06. The number of anilines is 1. The molecule has 0 saturated heterocycles. The van der Waals surface area contributed by atoms with Gasteiger partial charge in [-0.15, -0.1) is 0 Å². The summed E-state index contributed by atoms with van der Waals surface area (Å²) in [6.45, 7) is -0.928. The number of rotatable bonds is 4. The number of amides is 1. The molecule has 2 aromatic carbocycles. The SMILES string of the molecule is Cn1cc(C(=O)Nc2ccc(F)cc2-c2ccc(F)c(F)c2)c(CF)n1. The predicted molar refractivity (Wildman–Crippen MR) is 87.7 cm³/mol. The summed E-state index contributed by atoms with van der Waals surface area (Å²) in [5.74, 6) is -3.41. The van der Waals surface area contributed by atoms with Crippen molar-refractivity contribution in [1.82, 2.24) is 9.78 Å². The van der Waals surface area contributed by atoms with E-state index in [-0.39, 0.29) is 28.1 Å². The molecule has 1 amide bonds. The van der Waals surface area contributed by atoms with Crippen molar-refractivity contribution < 1.29 is 22.4 Å². The van der Waals surface area contributed by atoms with Gasteiger partial charge < -0.3 is 5.32 Å². The van der Waals surface area contributed by atoms with E-state index in [4.69, 9.17) is 0 Å². The van der Waals surface area contributed by atoms with Gasteiger partial charge in [-0.05, 0) is 35.9 Å². The predicted octanol–water partition coefficient (Wildman–Crippen LogP) is 4.23. The Labute approximate surface area is 146 Å². The van der Waals surface area contributed by atoms with Crippen LogP contribution in [0.5, 0.6) is 0 Å². The van der Waals surface area contributed by atoms with Crippen LogP contribution in [-0.2, 0) is 13.7 Å². The lowest BCUT2D eigenvalue weighted by Crippen LogP contribution is -2.14. The topological polar surface area (TPSA) is 46.9 Å². The number of benzene rings is 2. The molecule has 8 heteroatoms. The zero-order valence-electron chi connectivity index (χ0n) is 13.6. The van der Waals surface area contributed by atoms with Crippen LogP contribution in [0.4, 0.5) is 23.2 Å². The van der Waals surface area contributed by atoms with Crippen molar-refractivity contribution in [2.45, 2.75) is 6.67 Å². The van der Waals surface area contributed by atoms with Gasteiger partial charge in [0.05, 0.1) is 5.56 Å². The maximum absolute atomic E-state index is 13.7. The second-order valence-electron chi connectivity index (χ2n) is 5.57. The molecular formula is C18H13F4N3O. The second-order valence-corrected chi connectivity index (χ2v) is 5.57. The number of nitrogens with one attached hydrogen (secondary N) is 1. The van der Waals surface area contributed by atoms with Gasteiger partial charge in [-0.2, -0.15) is 5.10 Å².